The standard InChI is InChI=1S/C15H12N4O2S/c1-11-9-19-10-13(6-7-15(19)17-11)18-22(20,21)14-5-3-2-4-12(14)8-16/h2-7,9-10,18H,1H3. The summed E-state index contributed by atoms with van der Waals surface area (Å²) in [5, 5.41) is 9.04. The lowest BCUT2D eigenvalue weighted by Gasteiger charge is -2.09. The van der Waals surface area contributed by atoms with Crippen LogP contribution in [0, 0.1) is 18.3 Å². The highest BCUT2D eigenvalue weighted by atomic mass is 32.2. The van der Waals surface area contributed by atoms with Crippen LogP contribution in [0.15, 0.2) is 53.7 Å². The van der Waals surface area contributed by atoms with Gasteiger partial charge in [-0.05, 0) is 31.2 Å². The first-order valence-corrected chi connectivity index (χ1v) is 7.95. The van der Waals surface area contributed by atoms with Gasteiger partial charge in [-0.2, -0.15) is 5.26 Å². The van der Waals surface area contributed by atoms with Crippen LogP contribution in [0.1, 0.15) is 11.3 Å². The Morgan fingerprint density at radius 1 is 1.18 bits per heavy atom. The number of nitriles is 1. The van der Waals surface area contributed by atoms with Crippen molar-refractivity contribution in [2.45, 2.75) is 11.8 Å². The van der Waals surface area contributed by atoms with Gasteiger partial charge < -0.3 is 4.40 Å². The van der Waals surface area contributed by atoms with Crippen molar-refractivity contribution >= 4 is 21.4 Å². The van der Waals surface area contributed by atoms with Crippen LogP contribution in [0.3, 0.4) is 0 Å². The summed E-state index contributed by atoms with van der Waals surface area (Å²) in [6.07, 6.45) is 3.44. The van der Waals surface area contributed by atoms with Gasteiger partial charge in [0.15, 0.2) is 0 Å². The number of nitrogens with one attached hydrogen (secondary N) is 1. The average Bonchev–Trinajstić information content (AvgIpc) is 2.86. The van der Waals surface area contributed by atoms with E-state index in [1.54, 1.807) is 41.1 Å². The Labute approximate surface area is 127 Å². The van der Waals surface area contributed by atoms with Gasteiger partial charge in [-0.3, -0.25) is 4.72 Å². The number of hydrogen-bond acceptors (Lipinski definition) is 4. The minimum Gasteiger partial charge on any atom is -0.305 e. The Kier molecular flexibility index (Phi) is 3.31. The summed E-state index contributed by atoms with van der Waals surface area (Å²) in [6, 6.07) is 11.3. The van der Waals surface area contributed by atoms with Crippen LogP contribution >= 0.6 is 0 Å². The zero-order valence-electron chi connectivity index (χ0n) is 11.7. The molecular formula is C15H12N4O2S. The Morgan fingerprint density at radius 3 is 2.73 bits per heavy atom. The van der Waals surface area contributed by atoms with E-state index in [1.807, 2.05) is 13.0 Å². The fourth-order valence-electron chi connectivity index (χ4n) is 2.18. The Hall–Kier alpha value is -2.85. The first kappa shape index (κ1) is 14.1. The predicted molar refractivity (Wildman–Crippen MR) is 81.9 cm³/mol. The van der Waals surface area contributed by atoms with Gasteiger partial charge in [0.05, 0.1) is 16.9 Å². The van der Waals surface area contributed by atoms with Gasteiger partial charge >= 0.3 is 0 Å². The number of fused-ring (bicyclic) bond motifs is 1. The molecule has 0 bridgehead atoms. The normalized spacial score (nSPS) is 11.3. The van der Waals surface area contributed by atoms with E-state index in [9.17, 15) is 8.42 Å². The fourth-order valence-corrected chi connectivity index (χ4v) is 3.38. The molecule has 1 N–H and O–H groups in total. The van der Waals surface area contributed by atoms with E-state index in [2.05, 4.69) is 9.71 Å². The molecule has 2 aromatic heterocycles. The minimum absolute atomic E-state index is 0.0422. The molecule has 3 rings (SSSR count). The molecular weight excluding hydrogens is 300 g/mol. The molecule has 0 saturated heterocycles. The lowest BCUT2D eigenvalue weighted by Crippen LogP contribution is -2.14. The van der Waals surface area contributed by atoms with Gasteiger partial charge in [0, 0.05) is 12.4 Å². The highest BCUT2D eigenvalue weighted by molar-refractivity contribution is 7.92. The quantitative estimate of drug-likeness (QED) is 0.804. The molecule has 0 fully saturated rings. The number of sulfonamides is 1. The van der Waals surface area contributed by atoms with E-state index in [1.165, 1.54) is 12.1 Å². The van der Waals surface area contributed by atoms with E-state index in [4.69, 9.17) is 5.26 Å². The van der Waals surface area contributed by atoms with Crippen LogP contribution in [0.2, 0.25) is 0 Å². The second kappa shape index (κ2) is 5.16. The maximum Gasteiger partial charge on any atom is 0.263 e. The first-order valence-electron chi connectivity index (χ1n) is 6.47. The molecule has 7 heteroatoms. The van der Waals surface area contributed by atoms with Crippen molar-refractivity contribution in [1.29, 1.82) is 5.26 Å². The highest BCUT2D eigenvalue weighted by Gasteiger charge is 2.18. The minimum atomic E-state index is -3.82. The summed E-state index contributed by atoms with van der Waals surface area (Å²) in [4.78, 5) is 4.24. The number of nitrogens with zero attached hydrogens (tertiary/aromatic N) is 3. The van der Waals surface area contributed by atoms with Gasteiger partial charge in [0.1, 0.15) is 16.6 Å². The van der Waals surface area contributed by atoms with E-state index >= 15 is 0 Å². The van der Waals surface area contributed by atoms with E-state index in [0.29, 0.717) is 5.69 Å². The van der Waals surface area contributed by atoms with Crippen LogP contribution in [-0.4, -0.2) is 17.8 Å². The predicted octanol–water partition coefficient (Wildman–Crippen LogP) is 2.32. The highest BCUT2D eigenvalue weighted by Crippen LogP contribution is 2.19. The van der Waals surface area contributed by atoms with E-state index < -0.39 is 10.0 Å². The molecule has 0 unspecified atom stereocenters. The smallest absolute Gasteiger partial charge is 0.263 e. The molecule has 0 aliphatic carbocycles. The topological polar surface area (TPSA) is 87.3 Å². The zero-order chi connectivity index (χ0) is 15.7. The molecule has 6 nitrogen and oxygen atoms in total. The maximum atomic E-state index is 12.4. The second-order valence-electron chi connectivity index (χ2n) is 4.78. The van der Waals surface area contributed by atoms with Crippen molar-refractivity contribution in [3.63, 3.8) is 0 Å². The van der Waals surface area contributed by atoms with Crippen LogP contribution < -0.4 is 4.72 Å². The molecule has 0 aliphatic rings. The molecule has 3 aromatic rings. The fraction of sp³-hybridized carbons (Fsp3) is 0.0667. The van der Waals surface area contributed by atoms with Gasteiger partial charge in [0.25, 0.3) is 10.0 Å². The van der Waals surface area contributed by atoms with Crippen LogP contribution in [0.5, 0.6) is 0 Å². The number of imidazole rings is 1. The summed E-state index contributed by atoms with van der Waals surface area (Å²) in [6.45, 7) is 1.86. The Balaban J connectivity index is 2.01. The molecule has 0 amide bonds. The van der Waals surface area contributed by atoms with Crippen LogP contribution in [0.4, 0.5) is 5.69 Å². The lowest BCUT2D eigenvalue weighted by atomic mass is 10.2. The van der Waals surface area contributed by atoms with E-state index in [0.717, 1.165) is 11.3 Å². The molecule has 0 aliphatic heterocycles. The molecule has 22 heavy (non-hydrogen) atoms. The molecule has 0 atom stereocenters. The molecule has 110 valence electrons. The van der Waals surface area contributed by atoms with Crippen molar-refractivity contribution in [1.82, 2.24) is 9.38 Å². The van der Waals surface area contributed by atoms with Crippen LogP contribution in [0.25, 0.3) is 5.65 Å². The van der Waals surface area contributed by atoms with Gasteiger partial charge in [-0.1, -0.05) is 12.1 Å². The summed E-state index contributed by atoms with van der Waals surface area (Å²) >= 11 is 0. The monoisotopic (exact) mass is 312 g/mol. The third-order valence-corrected chi connectivity index (χ3v) is 4.56. The second-order valence-corrected chi connectivity index (χ2v) is 6.43. The number of anilines is 1. The lowest BCUT2D eigenvalue weighted by molar-refractivity contribution is 0.601. The average molecular weight is 312 g/mol. The van der Waals surface area contributed by atoms with Gasteiger partial charge in [-0.15, -0.1) is 0 Å². The number of pyridine rings is 1. The number of rotatable bonds is 3. The summed E-state index contributed by atoms with van der Waals surface area (Å²) < 4.78 is 29.1. The zero-order valence-corrected chi connectivity index (χ0v) is 12.5. The third kappa shape index (κ3) is 2.52. The molecule has 0 radical (unpaired) electrons. The number of hydrogen-bond donors (Lipinski definition) is 1. The van der Waals surface area contributed by atoms with E-state index in [-0.39, 0.29) is 10.5 Å². The molecule has 0 saturated carbocycles. The maximum absolute atomic E-state index is 12.4. The number of aromatic nitrogens is 2. The SMILES string of the molecule is Cc1cn2cc(NS(=O)(=O)c3ccccc3C#N)ccc2n1. The van der Waals surface area contributed by atoms with Crippen molar-refractivity contribution < 1.29 is 8.42 Å². The first-order chi connectivity index (χ1) is 10.5. The largest absolute Gasteiger partial charge is 0.305 e. The van der Waals surface area contributed by atoms with Gasteiger partial charge in [-0.25, -0.2) is 13.4 Å². The molecule has 0 spiro atoms. The molecule has 2 heterocycles. The Morgan fingerprint density at radius 2 is 1.95 bits per heavy atom. The summed E-state index contributed by atoms with van der Waals surface area (Å²) in [5.41, 5.74) is 2.08. The third-order valence-electron chi connectivity index (χ3n) is 3.12. The van der Waals surface area contributed by atoms with Crippen molar-refractivity contribution in [2.75, 3.05) is 4.72 Å². The number of benzene rings is 1. The van der Waals surface area contributed by atoms with Gasteiger partial charge in [0.2, 0.25) is 0 Å². The van der Waals surface area contributed by atoms with Crippen molar-refractivity contribution in [3.05, 3.63) is 60.0 Å². The Bertz CT molecular complexity index is 1000. The van der Waals surface area contributed by atoms with Crippen LogP contribution in [-0.2, 0) is 10.0 Å². The summed E-state index contributed by atoms with van der Waals surface area (Å²) in [5.74, 6) is 0. The van der Waals surface area contributed by atoms with Crippen molar-refractivity contribution in [2.24, 2.45) is 0 Å². The number of aryl methyl sites for hydroxylation is 1. The van der Waals surface area contributed by atoms with Crippen molar-refractivity contribution in [3.8, 4) is 6.07 Å². The summed E-state index contributed by atoms with van der Waals surface area (Å²) in [7, 11) is -3.82. The molecule has 1 aromatic carbocycles.